The van der Waals surface area contributed by atoms with Gasteiger partial charge in [0.1, 0.15) is 13.2 Å². The van der Waals surface area contributed by atoms with Gasteiger partial charge in [-0.25, -0.2) is 0 Å². The van der Waals surface area contributed by atoms with E-state index in [4.69, 9.17) is 0 Å². The molecule has 0 aromatic carbocycles. The molecule has 0 radical (unpaired) electrons. The first-order valence-electron chi connectivity index (χ1n) is 20.0. The maximum Gasteiger partial charge on any atom is 0.280 e. The molecule has 0 fully saturated rings. The molecule has 2 amide bonds. The molecule has 4 N–H and O–H groups in total. The van der Waals surface area contributed by atoms with Gasteiger partial charge in [-0.2, -0.15) is 0 Å². The van der Waals surface area contributed by atoms with Crippen molar-refractivity contribution >= 4 is 11.8 Å². The van der Waals surface area contributed by atoms with Crippen molar-refractivity contribution < 1.29 is 28.8 Å². The summed E-state index contributed by atoms with van der Waals surface area (Å²) in [7, 11) is 8.20. The Hall–Kier alpha value is -1.22. The second kappa shape index (κ2) is 29.7. The van der Waals surface area contributed by atoms with E-state index >= 15 is 0 Å². The van der Waals surface area contributed by atoms with Gasteiger partial charge in [0.05, 0.1) is 41.3 Å². The Morgan fingerprint density at radius 1 is 0.447 bits per heavy atom. The van der Waals surface area contributed by atoms with Gasteiger partial charge in [-0.05, 0) is 44.9 Å². The number of quaternary nitrogens is 2. The molecule has 47 heavy (non-hydrogen) atoms. The zero-order chi connectivity index (χ0) is 35.2. The van der Waals surface area contributed by atoms with Crippen LogP contribution in [-0.4, -0.2) is 111 Å². The lowest BCUT2D eigenvalue weighted by Gasteiger charge is -2.36. The van der Waals surface area contributed by atoms with Crippen molar-refractivity contribution in [3.05, 3.63) is 0 Å². The molecule has 0 aromatic rings. The number of likely N-dealkylation sites (N-methyl/N-ethyl adjacent to an activating group) is 2. The summed E-state index contributed by atoms with van der Waals surface area (Å²) >= 11 is 0. The number of aliphatic hydroxyl groups is 2. The fourth-order valence-electron chi connectivity index (χ4n) is 6.65. The van der Waals surface area contributed by atoms with Gasteiger partial charge in [-0.15, -0.1) is 0 Å². The van der Waals surface area contributed by atoms with Crippen molar-refractivity contribution in [3.8, 4) is 0 Å². The Balaban J connectivity index is 4.13. The van der Waals surface area contributed by atoms with Gasteiger partial charge in [0.15, 0.2) is 12.1 Å². The number of carbonyl (C=O) groups is 2. The molecular weight excluding hydrogens is 588 g/mol. The van der Waals surface area contributed by atoms with Gasteiger partial charge in [0, 0.05) is 13.1 Å². The van der Waals surface area contributed by atoms with E-state index in [1.807, 2.05) is 28.2 Å². The molecule has 280 valence electrons. The van der Waals surface area contributed by atoms with Crippen LogP contribution in [0.3, 0.4) is 0 Å². The summed E-state index contributed by atoms with van der Waals surface area (Å²) in [5.74, 6) is -0.155. The second-order valence-electron chi connectivity index (χ2n) is 15.4. The Kier molecular flexibility index (Phi) is 28.9. The van der Waals surface area contributed by atoms with Gasteiger partial charge < -0.3 is 29.8 Å². The minimum absolute atomic E-state index is 0.0777. The molecule has 0 spiro atoms. The van der Waals surface area contributed by atoms with Crippen molar-refractivity contribution in [1.82, 2.24) is 10.6 Å². The number of hydrogen-bond acceptors (Lipinski definition) is 4. The first kappa shape index (κ1) is 45.8. The van der Waals surface area contributed by atoms with Gasteiger partial charge in [0.25, 0.3) is 11.8 Å². The standard InChI is InChI=1S/C39H80N4O4/c1-7-9-11-13-15-17-19-21-23-28-32-42(3,4)36(34-44)38(46)40-30-26-25-27-31-41-39(47)37(35-45)43(5,6)33-29-24-22-20-18-16-14-12-10-8-2/h36-37,44-45H,7-35H2,1-6H3/p+2/t36-,37-/m0/s1. The van der Waals surface area contributed by atoms with Crippen molar-refractivity contribution in [2.75, 3.05) is 67.6 Å². The second-order valence-corrected chi connectivity index (χ2v) is 15.4. The van der Waals surface area contributed by atoms with Crippen LogP contribution in [0.1, 0.15) is 162 Å². The number of amides is 2. The van der Waals surface area contributed by atoms with Gasteiger partial charge in [-0.3, -0.25) is 9.59 Å². The minimum Gasteiger partial charge on any atom is -0.390 e. The van der Waals surface area contributed by atoms with Crippen LogP contribution in [0.5, 0.6) is 0 Å². The summed E-state index contributed by atoms with van der Waals surface area (Å²) in [5, 5.41) is 26.1. The number of carbonyl (C=O) groups excluding carboxylic acids is 2. The topological polar surface area (TPSA) is 98.7 Å². The predicted molar refractivity (Wildman–Crippen MR) is 199 cm³/mol. The van der Waals surface area contributed by atoms with Crippen molar-refractivity contribution in [2.45, 2.75) is 174 Å². The smallest absolute Gasteiger partial charge is 0.280 e. The summed E-state index contributed by atoms with van der Waals surface area (Å²) in [6.07, 6.45) is 28.3. The van der Waals surface area contributed by atoms with Crippen LogP contribution >= 0.6 is 0 Å². The van der Waals surface area contributed by atoms with E-state index < -0.39 is 12.1 Å². The highest BCUT2D eigenvalue weighted by Gasteiger charge is 2.34. The van der Waals surface area contributed by atoms with E-state index in [1.54, 1.807) is 0 Å². The maximum absolute atomic E-state index is 12.9. The van der Waals surface area contributed by atoms with Crippen LogP contribution < -0.4 is 10.6 Å². The lowest BCUT2D eigenvalue weighted by molar-refractivity contribution is -0.906. The summed E-state index contributed by atoms with van der Waals surface area (Å²) < 4.78 is 1.01. The summed E-state index contributed by atoms with van der Waals surface area (Å²) in [6.45, 7) is 7.13. The average molecular weight is 671 g/mol. The van der Waals surface area contributed by atoms with Crippen LogP contribution in [0.4, 0.5) is 0 Å². The van der Waals surface area contributed by atoms with Gasteiger partial charge in [0.2, 0.25) is 0 Å². The van der Waals surface area contributed by atoms with E-state index in [1.165, 1.54) is 116 Å². The van der Waals surface area contributed by atoms with Gasteiger partial charge >= 0.3 is 0 Å². The molecule has 8 heteroatoms. The molecule has 0 rings (SSSR count). The lowest BCUT2D eigenvalue weighted by Crippen LogP contribution is -2.58. The monoisotopic (exact) mass is 671 g/mol. The van der Waals surface area contributed by atoms with Crippen LogP contribution in [0, 0.1) is 0 Å². The molecule has 0 unspecified atom stereocenters. The van der Waals surface area contributed by atoms with Crippen LogP contribution in [-0.2, 0) is 9.59 Å². The Morgan fingerprint density at radius 2 is 0.702 bits per heavy atom. The highest BCUT2D eigenvalue weighted by molar-refractivity contribution is 5.81. The van der Waals surface area contributed by atoms with E-state index in [2.05, 4.69) is 24.5 Å². The molecule has 0 heterocycles. The minimum atomic E-state index is -0.454. The summed E-state index contributed by atoms with van der Waals surface area (Å²) in [5.41, 5.74) is 0. The number of unbranched alkanes of at least 4 members (excludes halogenated alkanes) is 20. The Morgan fingerprint density at radius 3 is 0.979 bits per heavy atom. The molecule has 0 aromatic heterocycles. The first-order valence-corrected chi connectivity index (χ1v) is 20.0. The molecule has 0 aliphatic heterocycles. The number of hydrogen-bond donors (Lipinski definition) is 4. The third-order valence-corrected chi connectivity index (χ3v) is 10.3. The number of rotatable bonds is 34. The predicted octanol–water partition coefficient (Wildman–Crippen LogP) is 7.11. The zero-order valence-corrected chi connectivity index (χ0v) is 32.3. The van der Waals surface area contributed by atoms with Crippen LogP contribution in [0.2, 0.25) is 0 Å². The van der Waals surface area contributed by atoms with Gasteiger partial charge in [-0.1, -0.05) is 117 Å². The molecule has 0 aliphatic rings. The quantitative estimate of drug-likeness (QED) is 0.0434. The van der Waals surface area contributed by atoms with E-state index in [9.17, 15) is 19.8 Å². The normalized spacial score (nSPS) is 13.4. The number of nitrogens with one attached hydrogen (secondary N) is 2. The molecule has 0 saturated heterocycles. The van der Waals surface area contributed by atoms with Crippen LogP contribution in [0.25, 0.3) is 0 Å². The maximum atomic E-state index is 12.9. The van der Waals surface area contributed by atoms with E-state index in [-0.39, 0.29) is 25.0 Å². The van der Waals surface area contributed by atoms with E-state index in [0.717, 1.165) is 45.2 Å². The van der Waals surface area contributed by atoms with E-state index in [0.29, 0.717) is 22.1 Å². The largest absolute Gasteiger partial charge is 0.390 e. The lowest BCUT2D eigenvalue weighted by atomic mass is 10.1. The fourth-order valence-corrected chi connectivity index (χ4v) is 6.65. The van der Waals surface area contributed by atoms with Crippen molar-refractivity contribution in [3.63, 3.8) is 0 Å². The Bertz CT molecular complexity index is 686. The molecule has 0 saturated carbocycles. The molecule has 2 atom stereocenters. The molecular formula is C39H82N4O4+2. The summed E-state index contributed by atoms with van der Waals surface area (Å²) in [6, 6.07) is -0.907. The van der Waals surface area contributed by atoms with Crippen LogP contribution in [0.15, 0.2) is 0 Å². The average Bonchev–Trinajstić information content (AvgIpc) is 3.02. The van der Waals surface area contributed by atoms with Crippen molar-refractivity contribution in [2.24, 2.45) is 0 Å². The first-order chi connectivity index (χ1) is 22.6. The third-order valence-electron chi connectivity index (χ3n) is 10.3. The SMILES string of the molecule is CCCCCCCCCCCC[N+](C)(C)[C@@H](CO)C(=O)NCCCCCNC(=O)[C@H](CO)[N+](C)(C)CCCCCCCCCCCC. The highest BCUT2D eigenvalue weighted by atomic mass is 16.3. The molecule has 0 aliphatic carbocycles. The molecule has 0 bridgehead atoms. The van der Waals surface area contributed by atoms with Crippen molar-refractivity contribution in [1.29, 1.82) is 0 Å². The third kappa shape index (κ3) is 23.7. The number of aliphatic hydroxyl groups excluding tert-OH is 2. The summed E-state index contributed by atoms with van der Waals surface area (Å²) in [4.78, 5) is 25.8. The highest BCUT2D eigenvalue weighted by Crippen LogP contribution is 2.16. The fraction of sp³-hybridized carbons (Fsp3) is 0.949. The zero-order valence-electron chi connectivity index (χ0n) is 32.3. The Labute approximate surface area is 292 Å². The molecule has 8 nitrogen and oxygen atoms in total. The number of nitrogens with zero attached hydrogens (tertiary/aromatic N) is 2.